The minimum absolute atomic E-state index is 0.445. The molecule has 0 aliphatic rings. The molecule has 5 heteroatoms. The standard InChI is InChI=1S/C16H30N4O/c1-4-7-8-9-10-18-16(17)19-12-14-11-15(20-21-14)13(5-2)6-3/h11,13H,4-10,12H2,1-3H3,(H3,17,18,19). The lowest BCUT2D eigenvalue weighted by Gasteiger charge is -2.06. The Bertz CT molecular complexity index is 410. The van der Waals surface area contributed by atoms with E-state index in [4.69, 9.17) is 10.3 Å². The molecule has 0 aliphatic carbocycles. The van der Waals surface area contributed by atoms with E-state index in [0.29, 0.717) is 18.4 Å². The number of unbranched alkanes of at least 4 members (excludes halogenated alkanes) is 3. The lowest BCUT2D eigenvalue weighted by atomic mass is 9.99. The Morgan fingerprint density at radius 1 is 1.29 bits per heavy atom. The van der Waals surface area contributed by atoms with Gasteiger partial charge in [0.1, 0.15) is 6.54 Å². The second-order valence-electron chi connectivity index (χ2n) is 5.42. The van der Waals surface area contributed by atoms with Crippen LogP contribution in [0.2, 0.25) is 0 Å². The Kier molecular flexibility index (Phi) is 8.55. The Morgan fingerprint density at radius 3 is 2.71 bits per heavy atom. The maximum Gasteiger partial charge on any atom is 0.189 e. The van der Waals surface area contributed by atoms with Crippen LogP contribution in [0.3, 0.4) is 0 Å². The van der Waals surface area contributed by atoms with Crippen molar-refractivity contribution in [2.75, 3.05) is 6.54 Å². The van der Waals surface area contributed by atoms with E-state index in [1.807, 2.05) is 6.07 Å². The smallest absolute Gasteiger partial charge is 0.189 e. The van der Waals surface area contributed by atoms with Gasteiger partial charge in [0.05, 0.1) is 5.69 Å². The molecule has 0 saturated carbocycles. The highest BCUT2D eigenvalue weighted by Crippen LogP contribution is 2.22. The third kappa shape index (κ3) is 6.65. The highest BCUT2D eigenvalue weighted by molar-refractivity contribution is 5.77. The lowest BCUT2D eigenvalue weighted by molar-refractivity contribution is 0.372. The first-order valence-electron chi connectivity index (χ1n) is 8.20. The molecule has 0 amide bonds. The minimum Gasteiger partial charge on any atom is -0.370 e. The van der Waals surface area contributed by atoms with E-state index in [-0.39, 0.29) is 0 Å². The molecular weight excluding hydrogens is 264 g/mol. The van der Waals surface area contributed by atoms with Crippen LogP contribution in [0.1, 0.15) is 76.7 Å². The summed E-state index contributed by atoms with van der Waals surface area (Å²) >= 11 is 0. The van der Waals surface area contributed by atoms with E-state index < -0.39 is 0 Å². The van der Waals surface area contributed by atoms with Crippen LogP contribution in [0.4, 0.5) is 0 Å². The van der Waals surface area contributed by atoms with Gasteiger partial charge in [-0.3, -0.25) is 0 Å². The molecule has 0 atom stereocenters. The molecule has 3 N–H and O–H groups in total. The fraction of sp³-hybridized carbons (Fsp3) is 0.750. The number of aliphatic imine (C=N–C) groups is 1. The monoisotopic (exact) mass is 294 g/mol. The van der Waals surface area contributed by atoms with Crippen molar-refractivity contribution in [3.63, 3.8) is 0 Å². The highest BCUT2D eigenvalue weighted by atomic mass is 16.5. The average Bonchev–Trinajstić information content (AvgIpc) is 2.95. The van der Waals surface area contributed by atoms with Crippen LogP contribution in [0.5, 0.6) is 0 Å². The van der Waals surface area contributed by atoms with E-state index in [2.05, 4.69) is 36.2 Å². The van der Waals surface area contributed by atoms with Crippen molar-refractivity contribution in [3.05, 3.63) is 17.5 Å². The number of nitrogens with one attached hydrogen (secondary N) is 1. The normalized spacial score (nSPS) is 12.1. The van der Waals surface area contributed by atoms with Gasteiger partial charge < -0.3 is 15.6 Å². The molecule has 0 bridgehead atoms. The van der Waals surface area contributed by atoms with Crippen molar-refractivity contribution in [1.82, 2.24) is 10.5 Å². The second-order valence-corrected chi connectivity index (χ2v) is 5.42. The van der Waals surface area contributed by atoms with Crippen molar-refractivity contribution < 1.29 is 4.52 Å². The van der Waals surface area contributed by atoms with Gasteiger partial charge in [0.15, 0.2) is 11.7 Å². The third-order valence-corrected chi connectivity index (χ3v) is 3.72. The van der Waals surface area contributed by atoms with Gasteiger partial charge in [-0.2, -0.15) is 0 Å². The van der Waals surface area contributed by atoms with E-state index in [9.17, 15) is 0 Å². The number of guanidine groups is 1. The fourth-order valence-electron chi connectivity index (χ4n) is 2.29. The molecule has 21 heavy (non-hydrogen) atoms. The van der Waals surface area contributed by atoms with Crippen molar-refractivity contribution in [1.29, 1.82) is 0 Å². The van der Waals surface area contributed by atoms with Crippen LogP contribution >= 0.6 is 0 Å². The van der Waals surface area contributed by atoms with Crippen molar-refractivity contribution in [2.24, 2.45) is 10.7 Å². The average molecular weight is 294 g/mol. The summed E-state index contributed by atoms with van der Waals surface area (Å²) in [5, 5.41) is 7.26. The summed E-state index contributed by atoms with van der Waals surface area (Å²) in [5.41, 5.74) is 6.86. The Hall–Kier alpha value is -1.52. The van der Waals surface area contributed by atoms with E-state index in [0.717, 1.165) is 37.3 Å². The van der Waals surface area contributed by atoms with Gasteiger partial charge in [-0.05, 0) is 19.3 Å². The molecule has 1 aromatic rings. The zero-order valence-corrected chi connectivity index (χ0v) is 13.7. The molecule has 5 nitrogen and oxygen atoms in total. The van der Waals surface area contributed by atoms with Gasteiger partial charge in [0.2, 0.25) is 0 Å². The summed E-state index contributed by atoms with van der Waals surface area (Å²) in [6.45, 7) is 7.87. The molecule has 120 valence electrons. The number of aromatic nitrogens is 1. The van der Waals surface area contributed by atoms with Crippen molar-refractivity contribution in [2.45, 2.75) is 71.8 Å². The summed E-state index contributed by atoms with van der Waals surface area (Å²) in [5.74, 6) is 1.72. The number of hydrogen-bond donors (Lipinski definition) is 2. The largest absolute Gasteiger partial charge is 0.370 e. The van der Waals surface area contributed by atoms with E-state index in [1.54, 1.807) is 0 Å². The predicted octanol–water partition coefficient (Wildman–Crippen LogP) is 3.56. The molecular formula is C16H30N4O. The van der Waals surface area contributed by atoms with E-state index >= 15 is 0 Å². The SMILES string of the molecule is CCCCCCNC(N)=NCc1cc(C(CC)CC)no1. The molecule has 1 rings (SSSR count). The summed E-state index contributed by atoms with van der Waals surface area (Å²) in [6, 6.07) is 2.00. The summed E-state index contributed by atoms with van der Waals surface area (Å²) in [7, 11) is 0. The molecule has 0 unspecified atom stereocenters. The predicted molar refractivity (Wildman–Crippen MR) is 87.3 cm³/mol. The zero-order chi connectivity index (χ0) is 15.5. The molecule has 0 saturated heterocycles. The summed E-state index contributed by atoms with van der Waals surface area (Å²) < 4.78 is 5.32. The first kappa shape index (κ1) is 17.5. The number of nitrogens with zero attached hydrogens (tertiary/aromatic N) is 2. The molecule has 0 aromatic carbocycles. The molecule has 0 radical (unpaired) electrons. The third-order valence-electron chi connectivity index (χ3n) is 3.72. The van der Waals surface area contributed by atoms with Crippen LogP contribution in [0.25, 0.3) is 0 Å². The van der Waals surface area contributed by atoms with Gasteiger partial charge in [0.25, 0.3) is 0 Å². The number of rotatable bonds is 10. The maximum absolute atomic E-state index is 5.83. The lowest BCUT2D eigenvalue weighted by Crippen LogP contribution is -2.32. The molecule has 0 spiro atoms. The van der Waals surface area contributed by atoms with Gasteiger partial charge in [-0.15, -0.1) is 0 Å². The Labute approximate surface area is 128 Å². The zero-order valence-electron chi connectivity index (χ0n) is 13.7. The van der Waals surface area contributed by atoms with Crippen LogP contribution in [-0.4, -0.2) is 17.7 Å². The van der Waals surface area contributed by atoms with Crippen molar-refractivity contribution >= 4 is 5.96 Å². The van der Waals surface area contributed by atoms with E-state index in [1.165, 1.54) is 19.3 Å². The first-order chi connectivity index (χ1) is 10.2. The van der Waals surface area contributed by atoms with Crippen LogP contribution in [0.15, 0.2) is 15.6 Å². The molecule has 0 fully saturated rings. The maximum atomic E-state index is 5.83. The minimum atomic E-state index is 0.445. The Balaban J connectivity index is 2.34. The highest BCUT2D eigenvalue weighted by Gasteiger charge is 2.12. The number of hydrogen-bond acceptors (Lipinski definition) is 3. The van der Waals surface area contributed by atoms with Gasteiger partial charge in [0, 0.05) is 18.5 Å². The van der Waals surface area contributed by atoms with Crippen LogP contribution < -0.4 is 11.1 Å². The van der Waals surface area contributed by atoms with Crippen molar-refractivity contribution in [3.8, 4) is 0 Å². The molecule has 0 aliphatic heterocycles. The Morgan fingerprint density at radius 2 is 2.05 bits per heavy atom. The first-order valence-corrected chi connectivity index (χ1v) is 8.20. The summed E-state index contributed by atoms with van der Waals surface area (Å²) in [6.07, 6.45) is 7.03. The number of nitrogens with two attached hydrogens (primary N) is 1. The van der Waals surface area contributed by atoms with Gasteiger partial charge in [-0.25, -0.2) is 4.99 Å². The topological polar surface area (TPSA) is 76.4 Å². The molecule has 1 heterocycles. The van der Waals surface area contributed by atoms with Gasteiger partial charge in [-0.1, -0.05) is 45.2 Å². The second kappa shape index (κ2) is 10.2. The quantitative estimate of drug-likeness (QED) is 0.393. The van der Waals surface area contributed by atoms with Crippen LogP contribution in [0, 0.1) is 0 Å². The molecule has 1 aromatic heterocycles. The summed E-state index contributed by atoms with van der Waals surface area (Å²) in [4.78, 5) is 4.29. The van der Waals surface area contributed by atoms with Gasteiger partial charge >= 0.3 is 0 Å². The van der Waals surface area contributed by atoms with Crippen LogP contribution in [-0.2, 0) is 6.54 Å². The fourth-order valence-corrected chi connectivity index (χ4v) is 2.29.